The van der Waals surface area contributed by atoms with Crippen LogP contribution in [-0.2, 0) is 0 Å². The first-order valence-electron chi connectivity index (χ1n) is 6.53. The Labute approximate surface area is 106 Å². The smallest absolute Gasteiger partial charge is 0.163 e. The Kier molecular flexibility index (Phi) is 4.66. The first-order valence-corrected chi connectivity index (χ1v) is 6.53. The predicted molar refractivity (Wildman–Crippen MR) is 66.2 cm³/mol. The maximum absolute atomic E-state index is 13.7. The lowest BCUT2D eigenvalue weighted by atomic mass is 9.94. The van der Waals surface area contributed by atoms with E-state index >= 15 is 0 Å². The Balaban J connectivity index is 2.09. The van der Waals surface area contributed by atoms with Gasteiger partial charge in [0.05, 0.1) is 12.6 Å². The van der Waals surface area contributed by atoms with Crippen LogP contribution < -0.4 is 5.32 Å². The van der Waals surface area contributed by atoms with Crippen LogP contribution in [0.5, 0.6) is 0 Å². The van der Waals surface area contributed by atoms with Crippen molar-refractivity contribution in [3.05, 3.63) is 35.4 Å². The highest BCUT2D eigenvalue weighted by Crippen LogP contribution is 2.23. The number of hydrogen-bond donors (Lipinski definition) is 2. The summed E-state index contributed by atoms with van der Waals surface area (Å²) < 4.78 is 26.8. The van der Waals surface area contributed by atoms with Gasteiger partial charge in [-0.25, -0.2) is 8.78 Å². The molecule has 0 aromatic heterocycles. The van der Waals surface area contributed by atoms with E-state index in [0.29, 0.717) is 6.04 Å². The van der Waals surface area contributed by atoms with Gasteiger partial charge in [0.2, 0.25) is 0 Å². The summed E-state index contributed by atoms with van der Waals surface area (Å²) in [6, 6.07) is 3.85. The summed E-state index contributed by atoms with van der Waals surface area (Å²) >= 11 is 0. The topological polar surface area (TPSA) is 32.3 Å². The van der Waals surface area contributed by atoms with Crippen molar-refractivity contribution in [2.24, 2.45) is 0 Å². The summed E-state index contributed by atoms with van der Waals surface area (Å²) in [7, 11) is 0. The van der Waals surface area contributed by atoms with Gasteiger partial charge in [0, 0.05) is 11.6 Å². The van der Waals surface area contributed by atoms with Crippen LogP contribution >= 0.6 is 0 Å². The highest BCUT2D eigenvalue weighted by molar-refractivity contribution is 5.22. The number of hydrogen-bond acceptors (Lipinski definition) is 2. The third-order valence-corrected chi connectivity index (χ3v) is 3.58. The van der Waals surface area contributed by atoms with E-state index in [4.69, 9.17) is 0 Å². The Hall–Kier alpha value is -1.00. The van der Waals surface area contributed by atoms with E-state index in [9.17, 15) is 13.9 Å². The van der Waals surface area contributed by atoms with Crippen molar-refractivity contribution in [2.75, 3.05) is 6.61 Å². The molecule has 0 aliphatic heterocycles. The minimum Gasteiger partial charge on any atom is -0.394 e. The maximum Gasteiger partial charge on any atom is 0.163 e. The van der Waals surface area contributed by atoms with Crippen LogP contribution in [0.15, 0.2) is 18.2 Å². The van der Waals surface area contributed by atoms with Gasteiger partial charge < -0.3 is 10.4 Å². The average molecular weight is 255 g/mol. The average Bonchev–Trinajstić information content (AvgIpc) is 2.41. The van der Waals surface area contributed by atoms with Gasteiger partial charge in [0.25, 0.3) is 0 Å². The largest absolute Gasteiger partial charge is 0.394 e. The molecule has 0 heterocycles. The maximum atomic E-state index is 13.7. The van der Waals surface area contributed by atoms with Gasteiger partial charge in [-0.1, -0.05) is 31.4 Å². The van der Waals surface area contributed by atoms with E-state index in [0.717, 1.165) is 31.7 Å². The molecular formula is C14H19F2NO. The molecule has 100 valence electrons. The van der Waals surface area contributed by atoms with Crippen molar-refractivity contribution in [1.82, 2.24) is 5.32 Å². The van der Waals surface area contributed by atoms with Crippen LogP contribution in [0.4, 0.5) is 8.78 Å². The Morgan fingerprint density at radius 1 is 1.22 bits per heavy atom. The molecule has 0 saturated heterocycles. The third-order valence-electron chi connectivity index (χ3n) is 3.58. The quantitative estimate of drug-likeness (QED) is 0.867. The Morgan fingerprint density at radius 2 is 1.94 bits per heavy atom. The predicted octanol–water partition coefficient (Wildman–Crippen LogP) is 2.92. The third kappa shape index (κ3) is 3.06. The number of aliphatic hydroxyl groups is 1. The van der Waals surface area contributed by atoms with Gasteiger partial charge >= 0.3 is 0 Å². The molecule has 1 atom stereocenters. The summed E-state index contributed by atoms with van der Waals surface area (Å²) in [5.74, 6) is -1.73. The van der Waals surface area contributed by atoms with E-state index in [1.807, 2.05) is 0 Å². The van der Waals surface area contributed by atoms with E-state index in [1.165, 1.54) is 18.6 Å². The fourth-order valence-electron chi connectivity index (χ4n) is 2.58. The highest BCUT2D eigenvalue weighted by Gasteiger charge is 2.22. The Morgan fingerprint density at radius 3 is 2.61 bits per heavy atom. The molecule has 0 amide bonds. The zero-order valence-electron chi connectivity index (χ0n) is 10.3. The number of nitrogens with one attached hydrogen (secondary N) is 1. The molecular weight excluding hydrogens is 236 g/mol. The molecule has 2 rings (SSSR count). The van der Waals surface area contributed by atoms with Gasteiger partial charge in [0.1, 0.15) is 0 Å². The van der Waals surface area contributed by atoms with Gasteiger partial charge in [-0.2, -0.15) is 0 Å². The molecule has 2 N–H and O–H groups in total. The minimum absolute atomic E-state index is 0.211. The zero-order chi connectivity index (χ0) is 13.0. The van der Waals surface area contributed by atoms with Gasteiger partial charge in [-0.05, 0) is 18.9 Å². The van der Waals surface area contributed by atoms with Crippen molar-refractivity contribution < 1.29 is 13.9 Å². The lowest BCUT2D eigenvalue weighted by Crippen LogP contribution is -2.36. The molecule has 1 saturated carbocycles. The summed E-state index contributed by atoms with van der Waals surface area (Å²) in [5.41, 5.74) is 0.211. The monoisotopic (exact) mass is 255 g/mol. The minimum atomic E-state index is -0.864. The Bertz CT molecular complexity index is 391. The van der Waals surface area contributed by atoms with Gasteiger partial charge in [-0.3, -0.25) is 0 Å². The first kappa shape index (κ1) is 13.4. The molecule has 18 heavy (non-hydrogen) atoms. The number of aliphatic hydroxyl groups excluding tert-OH is 1. The molecule has 1 aromatic rings. The summed E-state index contributed by atoms with van der Waals surface area (Å²) in [6.07, 6.45) is 5.61. The van der Waals surface area contributed by atoms with E-state index in [1.54, 1.807) is 0 Å². The molecule has 1 unspecified atom stereocenters. The molecule has 0 radical (unpaired) electrons. The van der Waals surface area contributed by atoms with Gasteiger partial charge in [-0.15, -0.1) is 0 Å². The molecule has 1 aliphatic rings. The molecule has 0 spiro atoms. The van der Waals surface area contributed by atoms with E-state index in [2.05, 4.69) is 5.32 Å². The lowest BCUT2D eigenvalue weighted by molar-refractivity contribution is 0.216. The molecule has 1 fully saturated rings. The fraction of sp³-hybridized carbons (Fsp3) is 0.571. The van der Waals surface area contributed by atoms with Crippen LogP contribution in [-0.4, -0.2) is 17.8 Å². The van der Waals surface area contributed by atoms with Crippen molar-refractivity contribution in [3.63, 3.8) is 0 Å². The number of rotatable bonds is 4. The fourth-order valence-corrected chi connectivity index (χ4v) is 2.58. The summed E-state index contributed by atoms with van der Waals surface area (Å²) in [4.78, 5) is 0. The van der Waals surface area contributed by atoms with Crippen LogP contribution in [0.25, 0.3) is 0 Å². The van der Waals surface area contributed by atoms with E-state index < -0.39 is 17.7 Å². The molecule has 1 aromatic carbocycles. The second-order valence-electron chi connectivity index (χ2n) is 4.88. The summed E-state index contributed by atoms with van der Waals surface area (Å²) in [5, 5.41) is 12.6. The second-order valence-corrected chi connectivity index (χ2v) is 4.88. The first-order chi connectivity index (χ1) is 8.72. The van der Waals surface area contributed by atoms with Crippen LogP contribution in [0.3, 0.4) is 0 Å². The summed E-state index contributed by atoms with van der Waals surface area (Å²) in [6.45, 7) is -0.225. The van der Waals surface area contributed by atoms with Gasteiger partial charge in [0.15, 0.2) is 11.6 Å². The molecule has 4 heteroatoms. The second kappa shape index (κ2) is 6.25. The number of halogens is 2. The molecule has 2 nitrogen and oxygen atoms in total. The van der Waals surface area contributed by atoms with Crippen LogP contribution in [0.2, 0.25) is 0 Å². The van der Waals surface area contributed by atoms with E-state index in [-0.39, 0.29) is 12.2 Å². The standard InChI is InChI=1S/C14H19F2NO/c15-12-8-4-7-11(14(12)16)13(9-18)17-10-5-2-1-3-6-10/h4,7-8,10,13,17-18H,1-3,5-6,9H2. The zero-order valence-corrected chi connectivity index (χ0v) is 10.3. The SMILES string of the molecule is OCC(NC1CCCCC1)c1cccc(F)c1F. The molecule has 0 bridgehead atoms. The van der Waals surface area contributed by atoms with Crippen molar-refractivity contribution in [1.29, 1.82) is 0 Å². The normalized spacial score (nSPS) is 18.8. The van der Waals surface area contributed by atoms with Crippen LogP contribution in [0, 0.1) is 11.6 Å². The lowest BCUT2D eigenvalue weighted by Gasteiger charge is -2.28. The van der Waals surface area contributed by atoms with Crippen molar-refractivity contribution in [2.45, 2.75) is 44.2 Å². The van der Waals surface area contributed by atoms with Crippen LogP contribution in [0.1, 0.15) is 43.7 Å². The van der Waals surface area contributed by atoms with Crippen molar-refractivity contribution in [3.8, 4) is 0 Å². The molecule has 1 aliphatic carbocycles. The number of benzene rings is 1. The highest BCUT2D eigenvalue weighted by atomic mass is 19.2. The van der Waals surface area contributed by atoms with Crippen molar-refractivity contribution >= 4 is 0 Å².